The third-order valence-electron chi connectivity index (χ3n) is 5.96. The van der Waals surface area contributed by atoms with E-state index in [1.165, 1.54) is 42.1 Å². The smallest absolute Gasteiger partial charge is 0.416 e. The molecule has 202 valence electrons. The lowest BCUT2D eigenvalue weighted by molar-refractivity contribution is -0.137. The number of nitrogens with zero attached hydrogens (tertiary/aromatic N) is 5. The van der Waals surface area contributed by atoms with Crippen molar-refractivity contribution in [2.24, 2.45) is 0 Å². The molecule has 1 atom stereocenters. The number of hydrogen-bond acceptors (Lipinski definition) is 7. The average molecular weight is 559 g/mol. The molecule has 0 saturated heterocycles. The summed E-state index contributed by atoms with van der Waals surface area (Å²) in [6, 6.07) is 12.4. The Hall–Kier alpha value is -4.48. The van der Waals surface area contributed by atoms with Gasteiger partial charge in [0.2, 0.25) is 0 Å². The van der Waals surface area contributed by atoms with Crippen LogP contribution in [0.1, 0.15) is 30.5 Å². The molecule has 2 aromatic heterocycles. The molecule has 0 amide bonds. The molecule has 0 aliphatic carbocycles. The molecule has 4 rings (SSSR count). The van der Waals surface area contributed by atoms with Crippen molar-refractivity contribution >= 4 is 10.1 Å². The fraction of sp³-hybridized carbons (Fsp3) is 0.200. The third-order valence-corrected chi connectivity index (χ3v) is 6.69. The summed E-state index contributed by atoms with van der Waals surface area (Å²) in [5.41, 5.74) is -2.26. The van der Waals surface area contributed by atoms with Gasteiger partial charge in [-0.25, -0.2) is 17.9 Å². The van der Waals surface area contributed by atoms with Gasteiger partial charge in [0, 0.05) is 18.0 Å². The lowest BCUT2D eigenvalue weighted by Gasteiger charge is -2.20. The fourth-order valence-corrected chi connectivity index (χ4v) is 4.62. The number of benzene rings is 2. The zero-order valence-corrected chi connectivity index (χ0v) is 21.0. The minimum absolute atomic E-state index is 0.134. The maximum atomic E-state index is 13.6. The third kappa shape index (κ3) is 5.84. The van der Waals surface area contributed by atoms with Gasteiger partial charge in [0.25, 0.3) is 5.56 Å². The summed E-state index contributed by atoms with van der Waals surface area (Å²) in [7, 11) is -4.68. The Bertz CT molecular complexity index is 1800. The van der Waals surface area contributed by atoms with Crippen molar-refractivity contribution in [2.75, 3.05) is 5.75 Å². The molecule has 0 bridgehead atoms. The van der Waals surface area contributed by atoms with Crippen LogP contribution in [0.2, 0.25) is 0 Å². The van der Waals surface area contributed by atoms with E-state index >= 15 is 0 Å². The summed E-state index contributed by atoms with van der Waals surface area (Å²) in [5.74, 6) is -0.864. The molecule has 0 fully saturated rings. The molecule has 39 heavy (non-hydrogen) atoms. The second-order valence-corrected chi connectivity index (χ2v) is 10.1. The first-order valence-electron chi connectivity index (χ1n) is 11.3. The largest absolute Gasteiger partial charge is 0.748 e. The molecule has 4 aromatic rings. The lowest BCUT2D eigenvalue weighted by Crippen LogP contribution is -2.42. The molecule has 14 heteroatoms. The Morgan fingerprint density at radius 1 is 1.08 bits per heavy atom. The van der Waals surface area contributed by atoms with Gasteiger partial charge in [-0.05, 0) is 61.9 Å². The minimum Gasteiger partial charge on any atom is -0.748 e. The standard InChI is InChI=1S/C25H20F3N5O5S/c1-16(10-12-39(36,37)38)32-23(34)21(22-9-11-30-33(22)19-7-5-17(14-29)6-8-19)15-31(24(32)35)20-4-2-3-18(13-20)25(26,27)28/h2-9,11,13,15-16H,10,12H2,1H3,(H,36,37,38)/p-1/t16-/m1/s1. The first-order valence-corrected chi connectivity index (χ1v) is 12.9. The van der Waals surface area contributed by atoms with Crippen molar-refractivity contribution in [3.8, 4) is 28.7 Å². The van der Waals surface area contributed by atoms with Crippen LogP contribution in [-0.4, -0.2) is 37.6 Å². The molecular formula is C25H19F3N5O5S-. The van der Waals surface area contributed by atoms with Gasteiger partial charge < -0.3 is 4.55 Å². The first-order chi connectivity index (χ1) is 18.3. The van der Waals surface area contributed by atoms with Crippen LogP contribution in [0, 0.1) is 11.3 Å². The molecule has 0 unspecified atom stereocenters. The number of aromatic nitrogens is 4. The van der Waals surface area contributed by atoms with Crippen LogP contribution in [0.5, 0.6) is 0 Å². The molecule has 2 heterocycles. The Kier molecular flexibility index (Phi) is 7.31. The number of halogens is 3. The summed E-state index contributed by atoms with van der Waals surface area (Å²) >= 11 is 0. The average Bonchev–Trinajstić information content (AvgIpc) is 3.36. The summed E-state index contributed by atoms with van der Waals surface area (Å²) in [6.45, 7) is 1.35. The zero-order valence-electron chi connectivity index (χ0n) is 20.2. The van der Waals surface area contributed by atoms with E-state index < -0.39 is 44.9 Å². The van der Waals surface area contributed by atoms with Gasteiger partial charge in [0.1, 0.15) is 0 Å². The number of nitriles is 1. The Morgan fingerprint density at radius 3 is 2.38 bits per heavy atom. The van der Waals surface area contributed by atoms with Crippen molar-refractivity contribution < 1.29 is 26.1 Å². The maximum Gasteiger partial charge on any atom is 0.416 e. The van der Waals surface area contributed by atoms with Gasteiger partial charge in [0.05, 0.1) is 56.1 Å². The molecule has 0 radical (unpaired) electrons. The normalized spacial score (nSPS) is 12.7. The zero-order chi connectivity index (χ0) is 28.5. The second kappa shape index (κ2) is 10.4. The van der Waals surface area contributed by atoms with Gasteiger partial charge in [-0.15, -0.1) is 0 Å². The number of rotatable bonds is 7. The number of alkyl halides is 3. The SMILES string of the molecule is C[C@H](CCS(=O)(=O)[O-])n1c(=O)c(-c2ccnn2-c2ccc(C#N)cc2)cn(-c2cccc(C(F)(F)F)c2)c1=O. The highest BCUT2D eigenvalue weighted by Gasteiger charge is 2.31. The topological polar surface area (TPSA) is 143 Å². The molecule has 0 N–H and O–H groups in total. The predicted octanol–water partition coefficient (Wildman–Crippen LogP) is 3.24. The quantitative estimate of drug-likeness (QED) is 0.317. The van der Waals surface area contributed by atoms with Crippen molar-refractivity contribution in [3.63, 3.8) is 0 Å². The van der Waals surface area contributed by atoms with Gasteiger partial charge in [-0.2, -0.15) is 23.5 Å². The first kappa shape index (κ1) is 27.6. The molecule has 0 aliphatic rings. The summed E-state index contributed by atoms with van der Waals surface area (Å²) in [5, 5.41) is 13.3. The monoisotopic (exact) mass is 558 g/mol. The van der Waals surface area contributed by atoms with Crippen molar-refractivity contribution in [3.05, 3.63) is 99.0 Å². The minimum atomic E-state index is -4.71. The van der Waals surface area contributed by atoms with E-state index in [9.17, 15) is 35.7 Å². The summed E-state index contributed by atoms with van der Waals surface area (Å²) in [4.78, 5) is 27.0. The molecule has 2 aromatic carbocycles. The molecule has 0 saturated carbocycles. The summed E-state index contributed by atoms with van der Waals surface area (Å²) in [6.07, 6.45) is -2.64. The van der Waals surface area contributed by atoms with E-state index in [1.807, 2.05) is 6.07 Å². The van der Waals surface area contributed by atoms with E-state index in [2.05, 4.69) is 5.10 Å². The maximum absolute atomic E-state index is 13.6. The van der Waals surface area contributed by atoms with Crippen molar-refractivity contribution in [1.82, 2.24) is 18.9 Å². The highest BCUT2D eigenvalue weighted by atomic mass is 32.2. The van der Waals surface area contributed by atoms with E-state index in [0.717, 1.165) is 29.0 Å². The van der Waals surface area contributed by atoms with Crippen molar-refractivity contribution in [1.29, 1.82) is 5.26 Å². The molecule has 0 aliphatic heterocycles. The van der Waals surface area contributed by atoms with Crippen LogP contribution < -0.4 is 11.2 Å². The molecule has 10 nitrogen and oxygen atoms in total. The number of hydrogen-bond donors (Lipinski definition) is 0. The summed E-state index contributed by atoms with van der Waals surface area (Å²) < 4.78 is 76.7. The Labute approximate surface area is 219 Å². The highest BCUT2D eigenvalue weighted by Crippen LogP contribution is 2.30. The highest BCUT2D eigenvalue weighted by molar-refractivity contribution is 7.85. The van der Waals surface area contributed by atoms with E-state index in [4.69, 9.17) is 5.26 Å². The van der Waals surface area contributed by atoms with Crippen molar-refractivity contribution in [2.45, 2.75) is 25.6 Å². The Morgan fingerprint density at radius 2 is 1.77 bits per heavy atom. The molecule has 0 spiro atoms. The van der Waals surface area contributed by atoms with Crippen LogP contribution in [0.3, 0.4) is 0 Å². The van der Waals surface area contributed by atoms with E-state index in [1.54, 1.807) is 12.1 Å². The van der Waals surface area contributed by atoms with E-state index in [-0.39, 0.29) is 23.4 Å². The van der Waals surface area contributed by atoms with E-state index in [0.29, 0.717) is 15.8 Å². The van der Waals surface area contributed by atoms with Crippen LogP contribution in [-0.2, 0) is 16.3 Å². The molecular weight excluding hydrogens is 539 g/mol. The van der Waals surface area contributed by atoms with Crippen LogP contribution in [0.25, 0.3) is 22.6 Å². The van der Waals surface area contributed by atoms with Crippen LogP contribution >= 0.6 is 0 Å². The second-order valence-electron chi connectivity index (χ2n) is 8.61. The van der Waals surface area contributed by atoms with Crippen LogP contribution in [0.15, 0.2) is 76.6 Å². The fourth-order valence-electron chi connectivity index (χ4n) is 3.99. The Balaban J connectivity index is 1.97. The van der Waals surface area contributed by atoms with Gasteiger partial charge >= 0.3 is 11.9 Å². The van der Waals surface area contributed by atoms with Crippen LogP contribution in [0.4, 0.5) is 13.2 Å². The van der Waals surface area contributed by atoms with Gasteiger partial charge in [-0.1, -0.05) is 6.07 Å². The van der Waals surface area contributed by atoms with Gasteiger partial charge in [-0.3, -0.25) is 13.9 Å². The van der Waals surface area contributed by atoms with Gasteiger partial charge in [0.15, 0.2) is 0 Å². The lowest BCUT2D eigenvalue weighted by atomic mass is 10.1. The predicted molar refractivity (Wildman–Crippen MR) is 132 cm³/mol.